The number of rotatable bonds is 6. The zero-order chi connectivity index (χ0) is 16.9. The van der Waals surface area contributed by atoms with Gasteiger partial charge in [-0.15, -0.1) is 0 Å². The number of nitrogen functional groups attached to an aromatic ring is 1. The molecule has 0 saturated carbocycles. The SMILES string of the molecule is CCC1CN(CCCOc2cccc(C)c2)c2cc(N)ccc2O1. The van der Waals surface area contributed by atoms with E-state index in [-0.39, 0.29) is 6.10 Å². The molecule has 0 saturated heterocycles. The summed E-state index contributed by atoms with van der Waals surface area (Å²) in [5.74, 6) is 1.87. The Hall–Kier alpha value is -2.36. The van der Waals surface area contributed by atoms with E-state index in [1.807, 2.05) is 30.3 Å². The van der Waals surface area contributed by atoms with E-state index in [0.29, 0.717) is 6.61 Å². The fraction of sp³-hybridized carbons (Fsp3) is 0.400. The third-order valence-electron chi connectivity index (χ3n) is 4.33. The monoisotopic (exact) mass is 326 g/mol. The summed E-state index contributed by atoms with van der Waals surface area (Å²) in [6.45, 7) is 6.77. The number of nitrogens with two attached hydrogens (primary N) is 1. The largest absolute Gasteiger partial charge is 0.494 e. The van der Waals surface area contributed by atoms with E-state index >= 15 is 0 Å². The van der Waals surface area contributed by atoms with Gasteiger partial charge in [0.05, 0.1) is 18.8 Å². The highest BCUT2D eigenvalue weighted by atomic mass is 16.5. The van der Waals surface area contributed by atoms with Crippen LogP contribution in [0.4, 0.5) is 11.4 Å². The van der Waals surface area contributed by atoms with Gasteiger partial charge in [0, 0.05) is 12.2 Å². The Kier molecular flexibility index (Phi) is 5.14. The summed E-state index contributed by atoms with van der Waals surface area (Å²) in [4.78, 5) is 2.36. The van der Waals surface area contributed by atoms with E-state index in [1.165, 1.54) is 5.56 Å². The van der Waals surface area contributed by atoms with Gasteiger partial charge in [0.2, 0.25) is 0 Å². The Morgan fingerprint density at radius 1 is 1.25 bits per heavy atom. The number of aryl methyl sites for hydroxylation is 1. The zero-order valence-corrected chi connectivity index (χ0v) is 14.5. The lowest BCUT2D eigenvalue weighted by Gasteiger charge is -2.36. The Labute approximate surface area is 144 Å². The van der Waals surface area contributed by atoms with Crippen LogP contribution in [0.1, 0.15) is 25.3 Å². The van der Waals surface area contributed by atoms with Gasteiger partial charge in [-0.05, 0) is 55.7 Å². The van der Waals surface area contributed by atoms with Crippen LogP contribution in [-0.2, 0) is 0 Å². The van der Waals surface area contributed by atoms with Crippen molar-refractivity contribution in [2.24, 2.45) is 0 Å². The van der Waals surface area contributed by atoms with Gasteiger partial charge in [-0.2, -0.15) is 0 Å². The van der Waals surface area contributed by atoms with Gasteiger partial charge < -0.3 is 20.1 Å². The third-order valence-corrected chi connectivity index (χ3v) is 4.33. The van der Waals surface area contributed by atoms with Crippen LogP contribution in [0.15, 0.2) is 42.5 Å². The average Bonchev–Trinajstić information content (AvgIpc) is 2.58. The van der Waals surface area contributed by atoms with E-state index in [9.17, 15) is 0 Å². The van der Waals surface area contributed by atoms with Gasteiger partial charge in [0.1, 0.15) is 17.6 Å². The minimum atomic E-state index is 0.235. The summed E-state index contributed by atoms with van der Waals surface area (Å²) in [6.07, 6.45) is 2.19. The number of benzene rings is 2. The lowest BCUT2D eigenvalue weighted by Crippen LogP contribution is -2.40. The molecule has 24 heavy (non-hydrogen) atoms. The van der Waals surface area contributed by atoms with Crippen molar-refractivity contribution in [3.63, 3.8) is 0 Å². The lowest BCUT2D eigenvalue weighted by atomic mass is 10.1. The van der Waals surface area contributed by atoms with Crippen LogP contribution >= 0.6 is 0 Å². The van der Waals surface area contributed by atoms with E-state index in [1.54, 1.807) is 0 Å². The van der Waals surface area contributed by atoms with E-state index in [2.05, 4.69) is 30.9 Å². The Balaban J connectivity index is 1.59. The molecule has 0 aromatic heterocycles. The van der Waals surface area contributed by atoms with Crippen molar-refractivity contribution in [3.8, 4) is 11.5 Å². The zero-order valence-electron chi connectivity index (χ0n) is 14.5. The van der Waals surface area contributed by atoms with Gasteiger partial charge >= 0.3 is 0 Å². The van der Waals surface area contributed by atoms with Gasteiger partial charge in [-0.25, -0.2) is 0 Å². The van der Waals surface area contributed by atoms with Crippen molar-refractivity contribution in [2.45, 2.75) is 32.8 Å². The standard InChI is InChI=1S/C20H26N2O2/c1-3-17-14-22(19-13-16(21)8-9-20(19)24-17)10-5-11-23-18-7-4-6-15(2)12-18/h4,6-9,12-13,17H,3,5,10-11,14,21H2,1-2H3. The molecule has 4 heteroatoms. The van der Waals surface area contributed by atoms with Crippen molar-refractivity contribution < 1.29 is 9.47 Å². The Bertz CT molecular complexity index is 687. The highest BCUT2D eigenvalue weighted by Crippen LogP contribution is 2.35. The average molecular weight is 326 g/mol. The maximum absolute atomic E-state index is 6.03. The molecule has 1 atom stereocenters. The second-order valence-corrected chi connectivity index (χ2v) is 6.34. The van der Waals surface area contributed by atoms with Gasteiger partial charge in [-0.3, -0.25) is 0 Å². The molecular weight excluding hydrogens is 300 g/mol. The van der Waals surface area contributed by atoms with Crippen molar-refractivity contribution >= 4 is 11.4 Å². The molecule has 2 aromatic rings. The molecule has 0 aliphatic carbocycles. The second kappa shape index (κ2) is 7.47. The van der Waals surface area contributed by atoms with Crippen LogP contribution in [-0.4, -0.2) is 25.8 Å². The first-order valence-corrected chi connectivity index (χ1v) is 8.66. The highest BCUT2D eigenvalue weighted by Gasteiger charge is 2.24. The summed E-state index contributed by atoms with van der Waals surface area (Å²) in [7, 11) is 0. The summed E-state index contributed by atoms with van der Waals surface area (Å²) in [6, 6.07) is 14.0. The molecule has 1 heterocycles. The van der Waals surface area contributed by atoms with Gasteiger partial charge in [0.15, 0.2) is 0 Å². The summed E-state index contributed by atoms with van der Waals surface area (Å²) < 4.78 is 11.9. The molecule has 2 N–H and O–H groups in total. The lowest BCUT2D eigenvalue weighted by molar-refractivity contribution is 0.188. The summed E-state index contributed by atoms with van der Waals surface area (Å²) in [5, 5.41) is 0. The van der Waals surface area contributed by atoms with Crippen molar-refractivity contribution in [2.75, 3.05) is 30.3 Å². The van der Waals surface area contributed by atoms with Crippen LogP contribution in [0.3, 0.4) is 0 Å². The number of hydrogen-bond donors (Lipinski definition) is 1. The fourth-order valence-corrected chi connectivity index (χ4v) is 3.02. The van der Waals surface area contributed by atoms with Crippen molar-refractivity contribution in [3.05, 3.63) is 48.0 Å². The molecule has 0 radical (unpaired) electrons. The maximum atomic E-state index is 6.03. The number of ether oxygens (including phenoxy) is 2. The quantitative estimate of drug-likeness (QED) is 0.643. The third kappa shape index (κ3) is 3.94. The molecule has 0 spiro atoms. The number of hydrogen-bond acceptors (Lipinski definition) is 4. The number of nitrogens with zero attached hydrogens (tertiary/aromatic N) is 1. The molecule has 3 rings (SSSR count). The Morgan fingerprint density at radius 3 is 2.92 bits per heavy atom. The van der Waals surface area contributed by atoms with Crippen LogP contribution in [0.5, 0.6) is 11.5 Å². The van der Waals surface area contributed by atoms with Crippen molar-refractivity contribution in [1.82, 2.24) is 0 Å². The van der Waals surface area contributed by atoms with Crippen LogP contribution < -0.4 is 20.1 Å². The van der Waals surface area contributed by atoms with E-state index in [0.717, 1.165) is 48.8 Å². The molecule has 2 aromatic carbocycles. The first-order chi connectivity index (χ1) is 11.7. The molecule has 0 bridgehead atoms. The number of anilines is 2. The molecule has 0 fully saturated rings. The molecular formula is C20H26N2O2. The first kappa shape index (κ1) is 16.5. The minimum Gasteiger partial charge on any atom is -0.494 e. The van der Waals surface area contributed by atoms with Crippen LogP contribution in [0, 0.1) is 6.92 Å². The van der Waals surface area contributed by atoms with Gasteiger partial charge in [0.25, 0.3) is 0 Å². The highest BCUT2D eigenvalue weighted by molar-refractivity contribution is 5.66. The molecule has 0 amide bonds. The predicted molar refractivity (Wildman–Crippen MR) is 99.1 cm³/mol. The number of fused-ring (bicyclic) bond motifs is 1. The molecule has 4 nitrogen and oxygen atoms in total. The molecule has 128 valence electrons. The van der Waals surface area contributed by atoms with Crippen molar-refractivity contribution in [1.29, 1.82) is 0 Å². The topological polar surface area (TPSA) is 47.7 Å². The Morgan fingerprint density at radius 2 is 2.12 bits per heavy atom. The van der Waals surface area contributed by atoms with Crippen LogP contribution in [0.2, 0.25) is 0 Å². The predicted octanol–water partition coefficient (Wildman–Crippen LogP) is 4.02. The maximum Gasteiger partial charge on any atom is 0.143 e. The molecule has 1 aliphatic rings. The minimum absolute atomic E-state index is 0.235. The molecule has 1 aliphatic heterocycles. The summed E-state index contributed by atoms with van der Waals surface area (Å²) >= 11 is 0. The van der Waals surface area contributed by atoms with Crippen LogP contribution in [0.25, 0.3) is 0 Å². The molecule has 1 unspecified atom stereocenters. The van der Waals surface area contributed by atoms with E-state index in [4.69, 9.17) is 15.2 Å². The van der Waals surface area contributed by atoms with Gasteiger partial charge in [-0.1, -0.05) is 19.1 Å². The normalized spacial score (nSPS) is 16.4. The van der Waals surface area contributed by atoms with E-state index < -0.39 is 0 Å². The smallest absolute Gasteiger partial charge is 0.143 e. The first-order valence-electron chi connectivity index (χ1n) is 8.66. The fourth-order valence-electron chi connectivity index (χ4n) is 3.02. The summed E-state index contributed by atoms with van der Waals surface area (Å²) in [5.41, 5.74) is 9.03. The second-order valence-electron chi connectivity index (χ2n) is 6.34.